The highest BCUT2D eigenvalue weighted by atomic mass is 16.2. The molecule has 124 valence electrons. The Morgan fingerprint density at radius 3 is 2.79 bits per heavy atom. The lowest BCUT2D eigenvalue weighted by Crippen LogP contribution is -2.32. The number of carbonyl (C=O) groups is 2. The Labute approximate surface area is 141 Å². The van der Waals surface area contributed by atoms with E-state index in [4.69, 9.17) is 0 Å². The summed E-state index contributed by atoms with van der Waals surface area (Å²) in [6, 6.07) is 9.74. The summed E-state index contributed by atoms with van der Waals surface area (Å²) in [5.41, 5.74) is 1.77. The Kier molecular flexibility index (Phi) is 5.21. The van der Waals surface area contributed by atoms with Crippen LogP contribution in [-0.2, 0) is 9.59 Å². The van der Waals surface area contributed by atoms with Crippen molar-refractivity contribution in [3.63, 3.8) is 0 Å². The fraction of sp³-hybridized carbons (Fsp3) is 0.316. The molecule has 0 unspecified atom stereocenters. The molecule has 1 fully saturated rings. The predicted molar refractivity (Wildman–Crippen MR) is 94.2 cm³/mol. The second-order valence-electron chi connectivity index (χ2n) is 5.88. The normalized spacial score (nSPS) is 14.4. The molecule has 1 aliphatic rings. The van der Waals surface area contributed by atoms with E-state index in [9.17, 15) is 9.59 Å². The van der Waals surface area contributed by atoms with Crippen molar-refractivity contribution in [2.24, 2.45) is 0 Å². The SMILES string of the molecule is O=C(/C=C/c1cccc2cccnc12)NCCC(=O)N1CCCC1. The third kappa shape index (κ3) is 3.98. The average Bonchev–Trinajstić information content (AvgIpc) is 3.14. The first-order chi connectivity index (χ1) is 11.7. The Bertz CT molecular complexity index is 759. The molecule has 1 aromatic heterocycles. The van der Waals surface area contributed by atoms with E-state index in [1.54, 1.807) is 12.3 Å². The zero-order chi connectivity index (χ0) is 16.8. The van der Waals surface area contributed by atoms with Crippen LogP contribution < -0.4 is 5.32 Å². The molecule has 0 saturated carbocycles. The second-order valence-corrected chi connectivity index (χ2v) is 5.88. The molecule has 0 aliphatic carbocycles. The van der Waals surface area contributed by atoms with E-state index >= 15 is 0 Å². The minimum atomic E-state index is -0.197. The number of carbonyl (C=O) groups excluding carboxylic acids is 2. The number of para-hydroxylation sites is 1. The first-order valence-corrected chi connectivity index (χ1v) is 8.31. The first kappa shape index (κ1) is 16.2. The summed E-state index contributed by atoms with van der Waals surface area (Å²) in [6.45, 7) is 2.06. The summed E-state index contributed by atoms with van der Waals surface area (Å²) in [7, 11) is 0. The van der Waals surface area contributed by atoms with Gasteiger partial charge in [-0.15, -0.1) is 0 Å². The zero-order valence-electron chi connectivity index (χ0n) is 13.6. The molecular weight excluding hydrogens is 302 g/mol. The number of benzene rings is 1. The Morgan fingerprint density at radius 1 is 1.17 bits per heavy atom. The fourth-order valence-corrected chi connectivity index (χ4v) is 2.90. The average molecular weight is 323 g/mol. The van der Waals surface area contributed by atoms with Crippen LogP contribution in [0.15, 0.2) is 42.6 Å². The lowest BCUT2D eigenvalue weighted by molar-refractivity contribution is -0.130. The van der Waals surface area contributed by atoms with E-state index in [0.717, 1.165) is 42.4 Å². The van der Waals surface area contributed by atoms with E-state index in [0.29, 0.717) is 13.0 Å². The van der Waals surface area contributed by atoms with Crippen LogP contribution in [0.5, 0.6) is 0 Å². The number of nitrogens with one attached hydrogen (secondary N) is 1. The smallest absolute Gasteiger partial charge is 0.244 e. The van der Waals surface area contributed by atoms with Crippen LogP contribution >= 0.6 is 0 Å². The number of pyridine rings is 1. The molecule has 0 bridgehead atoms. The summed E-state index contributed by atoms with van der Waals surface area (Å²) >= 11 is 0. The van der Waals surface area contributed by atoms with Crippen LogP contribution in [0.4, 0.5) is 0 Å². The van der Waals surface area contributed by atoms with Crippen molar-refractivity contribution in [2.75, 3.05) is 19.6 Å². The van der Waals surface area contributed by atoms with Gasteiger partial charge in [-0.25, -0.2) is 0 Å². The first-order valence-electron chi connectivity index (χ1n) is 8.31. The number of hydrogen-bond donors (Lipinski definition) is 1. The molecule has 24 heavy (non-hydrogen) atoms. The summed E-state index contributed by atoms with van der Waals surface area (Å²) in [5, 5.41) is 3.80. The molecular formula is C19H21N3O2. The van der Waals surface area contributed by atoms with Crippen molar-refractivity contribution >= 4 is 28.8 Å². The maximum absolute atomic E-state index is 11.9. The fourth-order valence-electron chi connectivity index (χ4n) is 2.90. The highest BCUT2D eigenvalue weighted by Gasteiger charge is 2.17. The molecule has 1 aliphatic heterocycles. The van der Waals surface area contributed by atoms with Gasteiger partial charge in [0.2, 0.25) is 11.8 Å². The third-order valence-corrected chi connectivity index (χ3v) is 4.18. The van der Waals surface area contributed by atoms with Gasteiger partial charge in [-0.1, -0.05) is 24.3 Å². The number of rotatable bonds is 5. The summed E-state index contributed by atoms with van der Waals surface area (Å²) in [4.78, 5) is 30.0. The van der Waals surface area contributed by atoms with Crippen LogP contribution in [-0.4, -0.2) is 41.3 Å². The van der Waals surface area contributed by atoms with E-state index in [1.165, 1.54) is 6.08 Å². The molecule has 2 heterocycles. The van der Waals surface area contributed by atoms with Crippen molar-refractivity contribution in [1.82, 2.24) is 15.2 Å². The minimum absolute atomic E-state index is 0.120. The lowest BCUT2D eigenvalue weighted by atomic mass is 10.1. The third-order valence-electron chi connectivity index (χ3n) is 4.18. The molecule has 5 nitrogen and oxygen atoms in total. The molecule has 0 spiro atoms. The van der Waals surface area contributed by atoms with Crippen LogP contribution in [0.2, 0.25) is 0 Å². The number of nitrogens with zero attached hydrogens (tertiary/aromatic N) is 2. The van der Waals surface area contributed by atoms with Crippen molar-refractivity contribution in [3.8, 4) is 0 Å². The van der Waals surface area contributed by atoms with Crippen molar-refractivity contribution in [2.45, 2.75) is 19.3 Å². The number of fused-ring (bicyclic) bond motifs is 1. The molecule has 1 N–H and O–H groups in total. The van der Waals surface area contributed by atoms with Crippen LogP contribution in [0.3, 0.4) is 0 Å². The van der Waals surface area contributed by atoms with Crippen molar-refractivity contribution in [1.29, 1.82) is 0 Å². The van der Waals surface area contributed by atoms with E-state index in [2.05, 4.69) is 10.3 Å². The van der Waals surface area contributed by atoms with Gasteiger partial charge in [-0.2, -0.15) is 0 Å². The number of aromatic nitrogens is 1. The second kappa shape index (κ2) is 7.73. The minimum Gasteiger partial charge on any atom is -0.352 e. The van der Waals surface area contributed by atoms with E-state index in [1.807, 2.05) is 35.2 Å². The van der Waals surface area contributed by atoms with Gasteiger partial charge in [0, 0.05) is 49.3 Å². The highest BCUT2D eigenvalue weighted by Crippen LogP contribution is 2.17. The van der Waals surface area contributed by atoms with Crippen LogP contribution in [0, 0.1) is 0 Å². The maximum atomic E-state index is 11.9. The van der Waals surface area contributed by atoms with Crippen LogP contribution in [0.25, 0.3) is 17.0 Å². The Balaban J connectivity index is 1.52. The van der Waals surface area contributed by atoms with Crippen LogP contribution in [0.1, 0.15) is 24.8 Å². The van der Waals surface area contributed by atoms with Crippen molar-refractivity contribution < 1.29 is 9.59 Å². The monoisotopic (exact) mass is 323 g/mol. The van der Waals surface area contributed by atoms with Gasteiger partial charge < -0.3 is 10.2 Å². The van der Waals surface area contributed by atoms with Gasteiger partial charge >= 0.3 is 0 Å². The standard InChI is InChI=1S/C19H21N3O2/c23-17(20-12-10-18(24)22-13-1-2-14-22)9-8-16-6-3-5-15-7-4-11-21-19(15)16/h3-9,11H,1-2,10,12-14H2,(H,20,23)/b9-8+. The Morgan fingerprint density at radius 2 is 1.96 bits per heavy atom. The molecule has 1 saturated heterocycles. The topological polar surface area (TPSA) is 62.3 Å². The summed E-state index contributed by atoms with van der Waals surface area (Å²) in [6.07, 6.45) is 7.51. The van der Waals surface area contributed by atoms with Crippen molar-refractivity contribution in [3.05, 3.63) is 48.2 Å². The quantitative estimate of drug-likeness (QED) is 0.859. The summed E-state index contributed by atoms with van der Waals surface area (Å²) in [5.74, 6) is -0.0767. The molecule has 3 rings (SSSR count). The number of hydrogen-bond acceptors (Lipinski definition) is 3. The summed E-state index contributed by atoms with van der Waals surface area (Å²) < 4.78 is 0. The number of likely N-dealkylation sites (tertiary alicyclic amines) is 1. The van der Waals surface area contributed by atoms with Gasteiger partial charge in [0.15, 0.2) is 0 Å². The van der Waals surface area contributed by atoms with E-state index < -0.39 is 0 Å². The van der Waals surface area contributed by atoms with Gasteiger partial charge in [0.05, 0.1) is 5.52 Å². The highest BCUT2D eigenvalue weighted by molar-refractivity contribution is 5.95. The van der Waals surface area contributed by atoms with Gasteiger partial charge in [-0.3, -0.25) is 14.6 Å². The molecule has 5 heteroatoms. The predicted octanol–water partition coefficient (Wildman–Crippen LogP) is 2.38. The molecule has 2 aromatic rings. The zero-order valence-corrected chi connectivity index (χ0v) is 13.6. The van der Waals surface area contributed by atoms with Gasteiger partial charge in [0.25, 0.3) is 0 Å². The molecule has 0 atom stereocenters. The number of amides is 2. The van der Waals surface area contributed by atoms with E-state index in [-0.39, 0.29) is 11.8 Å². The lowest BCUT2D eigenvalue weighted by Gasteiger charge is -2.14. The molecule has 2 amide bonds. The van der Waals surface area contributed by atoms with Gasteiger partial charge in [-0.05, 0) is 25.0 Å². The maximum Gasteiger partial charge on any atom is 0.244 e. The Hall–Kier alpha value is -2.69. The molecule has 0 radical (unpaired) electrons. The molecule has 1 aromatic carbocycles. The largest absolute Gasteiger partial charge is 0.352 e. The van der Waals surface area contributed by atoms with Gasteiger partial charge in [0.1, 0.15) is 0 Å².